The van der Waals surface area contributed by atoms with Gasteiger partial charge in [0.25, 0.3) is 0 Å². The molecule has 3 N–H and O–H groups in total. The highest BCUT2D eigenvalue weighted by atomic mass is 79.9. The molecule has 1 aromatic rings. The van der Waals surface area contributed by atoms with Gasteiger partial charge in [-0.25, -0.2) is 4.39 Å². The van der Waals surface area contributed by atoms with Crippen LogP contribution in [0.1, 0.15) is 37.3 Å². The van der Waals surface area contributed by atoms with Gasteiger partial charge >= 0.3 is 0 Å². The standard InChI is InChI=1S/C12H16BrFN2/c13-10-3-1-2-9(12(10)14)11(16-15)7-6-8-4-5-8/h1-3,8,11,16H,4-7,15H2. The van der Waals surface area contributed by atoms with Gasteiger partial charge in [0.05, 0.1) is 4.47 Å². The third kappa shape index (κ3) is 2.81. The van der Waals surface area contributed by atoms with E-state index in [1.54, 1.807) is 12.1 Å². The van der Waals surface area contributed by atoms with Gasteiger partial charge in [-0.05, 0) is 40.8 Å². The molecule has 2 rings (SSSR count). The van der Waals surface area contributed by atoms with Crippen LogP contribution in [-0.2, 0) is 0 Å². The molecule has 16 heavy (non-hydrogen) atoms. The Morgan fingerprint density at radius 3 is 2.88 bits per heavy atom. The zero-order valence-corrected chi connectivity index (χ0v) is 10.6. The van der Waals surface area contributed by atoms with E-state index < -0.39 is 0 Å². The Balaban J connectivity index is 2.08. The summed E-state index contributed by atoms with van der Waals surface area (Å²) in [6.07, 6.45) is 4.66. The van der Waals surface area contributed by atoms with E-state index >= 15 is 0 Å². The minimum absolute atomic E-state index is 0.0851. The minimum atomic E-state index is -0.207. The molecule has 0 bridgehead atoms. The smallest absolute Gasteiger partial charge is 0.142 e. The van der Waals surface area contributed by atoms with E-state index in [4.69, 9.17) is 5.84 Å². The Kier molecular flexibility index (Phi) is 3.95. The fourth-order valence-corrected chi connectivity index (χ4v) is 2.31. The van der Waals surface area contributed by atoms with E-state index in [2.05, 4.69) is 21.4 Å². The zero-order valence-electron chi connectivity index (χ0n) is 9.05. The summed E-state index contributed by atoms with van der Waals surface area (Å²) >= 11 is 3.19. The van der Waals surface area contributed by atoms with Gasteiger partial charge in [-0.2, -0.15) is 0 Å². The topological polar surface area (TPSA) is 38.0 Å². The van der Waals surface area contributed by atoms with Crippen LogP contribution >= 0.6 is 15.9 Å². The average molecular weight is 287 g/mol. The quantitative estimate of drug-likeness (QED) is 0.644. The molecule has 0 saturated heterocycles. The van der Waals surface area contributed by atoms with Crippen molar-refractivity contribution >= 4 is 15.9 Å². The highest BCUT2D eigenvalue weighted by molar-refractivity contribution is 9.10. The van der Waals surface area contributed by atoms with Gasteiger partial charge in [0.2, 0.25) is 0 Å². The third-order valence-corrected chi connectivity index (χ3v) is 3.73. The predicted molar refractivity (Wildman–Crippen MR) is 66.1 cm³/mol. The second-order valence-electron chi connectivity index (χ2n) is 4.38. The number of nitrogens with one attached hydrogen (secondary N) is 1. The lowest BCUT2D eigenvalue weighted by Gasteiger charge is -2.17. The van der Waals surface area contributed by atoms with Crippen LogP contribution in [0.15, 0.2) is 22.7 Å². The van der Waals surface area contributed by atoms with Gasteiger partial charge in [0, 0.05) is 11.6 Å². The summed E-state index contributed by atoms with van der Waals surface area (Å²) in [6.45, 7) is 0. The molecule has 1 aliphatic carbocycles. The molecule has 1 unspecified atom stereocenters. The maximum atomic E-state index is 13.8. The molecule has 0 spiro atoms. The van der Waals surface area contributed by atoms with Crippen molar-refractivity contribution < 1.29 is 4.39 Å². The van der Waals surface area contributed by atoms with Crippen LogP contribution < -0.4 is 11.3 Å². The first kappa shape index (κ1) is 12.0. The summed E-state index contributed by atoms with van der Waals surface area (Å²) in [5.41, 5.74) is 3.36. The predicted octanol–water partition coefficient (Wildman–Crippen LogP) is 3.28. The molecule has 0 radical (unpaired) electrons. The fraction of sp³-hybridized carbons (Fsp3) is 0.500. The van der Waals surface area contributed by atoms with Gasteiger partial charge in [0.15, 0.2) is 0 Å². The number of halogens is 2. The molecule has 1 atom stereocenters. The molecule has 2 nitrogen and oxygen atoms in total. The largest absolute Gasteiger partial charge is 0.271 e. The van der Waals surface area contributed by atoms with Crippen LogP contribution in [-0.4, -0.2) is 0 Å². The van der Waals surface area contributed by atoms with Crippen LogP contribution in [0, 0.1) is 11.7 Å². The Bertz CT molecular complexity index is 366. The first-order valence-electron chi connectivity index (χ1n) is 5.62. The van der Waals surface area contributed by atoms with Crippen LogP contribution in [0.5, 0.6) is 0 Å². The molecule has 4 heteroatoms. The second-order valence-corrected chi connectivity index (χ2v) is 5.24. The Morgan fingerprint density at radius 2 is 2.25 bits per heavy atom. The molecular formula is C12H16BrFN2. The van der Waals surface area contributed by atoms with Crippen LogP contribution in [0.25, 0.3) is 0 Å². The molecule has 0 aromatic heterocycles. The average Bonchev–Trinajstić information content (AvgIpc) is 3.08. The third-order valence-electron chi connectivity index (χ3n) is 3.12. The summed E-state index contributed by atoms with van der Waals surface area (Å²) < 4.78 is 14.3. The van der Waals surface area contributed by atoms with E-state index in [1.165, 1.54) is 12.8 Å². The summed E-state index contributed by atoms with van der Waals surface area (Å²) in [6, 6.07) is 5.24. The SMILES string of the molecule is NNC(CCC1CC1)c1cccc(Br)c1F. The van der Waals surface area contributed by atoms with Crippen molar-refractivity contribution in [3.05, 3.63) is 34.1 Å². The first-order valence-corrected chi connectivity index (χ1v) is 6.41. The number of hydrogen-bond acceptors (Lipinski definition) is 2. The van der Waals surface area contributed by atoms with Gasteiger partial charge in [-0.3, -0.25) is 11.3 Å². The maximum absolute atomic E-state index is 13.8. The lowest BCUT2D eigenvalue weighted by molar-refractivity contribution is 0.459. The molecule has 0 heterocycles. The number of nitrogens with two attached hydrogens (primary N) is 1. The number of hydrogen-bond donors (Lipinski definition) is 2. The summed E-state index contributed by atoms with van der Waals surface area (Å²) in [5.74, 6) is 6.13. The molecule has 1 saturated carbocycles. The lowest BCUT2D eigenvalue weighted by atomic mass is 10.0. The number of hydrazine groups is 1. The maximum Gasteiger partial charge on any atom is 0.142 e. The Morgan fingerprint density at radius 1 is 1.50 bits per heavy atom. The van der Waals surface area contributed by atoms with Crippen molar-refractivity contribution in [1.29, 1.82) is 0 Å². The summed E-state index contributed by atoms with van der Waals surface area (Å²) in [7, 11) is 0. The summed E-state index contributed by atoms with van der Waals surface area (Å²) in [4.78, 5) is 0. The normalized spacial score (nSPS) is 17.4. The molecule has 0 amide bonds. The van der Waals surface area contributed by atoms with E-state index in [0.717, 1.165) is 18.8 Å². The van der Waals surface area contributed by atoms with Gasteiger partial charge < -0.3 is 0 Å². The molecule has 1 aliphatic rings. The molecule has 88 valence electrons. The molecule has 0 aliphatic heterocycles. The first-order chi connectivity index (χ1) is 7.72. The van der Waals surface area contributed by atoms with Crippen molar-refractivity contribution in [3.63, 3.8) is 0 Å². The van der Waals surface area contributed by atoms with Crippen molar-refractivity contribution in [2.45, 2.75) is 31.7 Å². The highest BCUT2D eigenvalue weighted by Crippen LogP contribution is 2.36. The van der Waals surface area contributed by atoms with Crippen LogP contribution in [0.4, 0.5) is 4.39 Å². The van der Waals surface area contributed by atoms with Gasteiger partial charge in [-0.15, -0.1) is 0 Å². The summed E-state index contributed by atoms with van der Waals surface area (Å²) in [5, 5.41) is 0. The van der Waals surface area contributed by atoms with Gasteiger partial charge in [0.1, 0.15) is 5.82 Å². The minimum Gasteiger partial charge on any atom is -0.271 e. The van der Waals surface area contributed by atoms with Crippen molar-refractivity contribution in [2.24, 2.45) is 11.8 Å². The van der Waals surface area contributed by atoms with Crippen molar-refractivity contribution in [2.75, 3.05) is 0 Å². The molecular weight excluding hydrogens is 271 g/mol. The second kappa shape index (κ2) is 5.25. The Labute approximate surface area is 104 Å². The lowest BCUT2D eigenvalue weighted by Crippen LogP contribution is -2.28. The highest BCUT2D eigenvalue weighted by Gasteiger charge is 2.24. The van der Waals surface area contributed by atoms with E-state index in [1.807, 2.05) is 6.07 Å². The van der Waals surface area contributed by atoms with E-state index in [0.29, 0.717) is 10.0 Å². The van der Waals surface area contributed by atoms with Gasteiger partial charge in [-0.1, -0.05) is 25.0 Å². The van der Waals surface area contributed by atoms with E-state index in [-0.39, 0.29) is 11.9 Å². The number of benzene rings is 1. The van der Waals surface area contributed by atoms with E-state index in [9.17, 15) is 4.39 Å². The fourth-order valence-electron chi connectivity index (χ4n) is 1.93. The zero-order chi connectivity index (χ0) is 11.5. The Hall–Kier alpha value is -0.450. The van der Waals surface area contributed by atoms with Crippen LogP contribution in [0.2, 0.25) is 0 Å². The van der Waals surface area contributed by atoms with Crippen molar-refractivity contribution in [1.82, 2.24) is 5.43 Å². The molecule has 1 aromatic carbocycles. The number of rotatable bonds is 5. The monoisotopic (exact) mass is 286 g/mol. The van der Waals surface area contributed by atoms with Crippen LogP contribution in [0.3, 0.4) is 0 Å². The molecule has 1 fully saturated rings. The van der Waals surface area contributed by atoms with Crippen molar-refractivity contribution in [3.8, 4) is 0 Å².